The highest BCUT2D eigenvalue weighted by atomic mass is 35.5. The molecule has 2 N–H and O–H groups in total. The second-order valence-corrected chi connectivity index (χ2v) is 5.58. The van der Waals surface area contributed by atoms with E-state index in [1.54, 1.807) is 0 Å². The van der Waals surface area contributed by atoms with Gasteiger partial charge in [-0.05, 0) is 49.5 Å². The summed E-state index contributed by atoms with van der Waals surface area (Å²) in [7, 11) is 0. The number of nitrogens with two attached hydrogens (primary N) is 1. The molecule has 1 fully saturated rings. The molecule has 2 atom stereocenters. The average molecular weight is 253 g/mol. The molecule has 0 radical (unpaired) electrons. The van der Waals surface area contributed by atoms with E-state index in [0.717, 1.165) is 29.5 Å². The Morgan fingerprint density at radius 3 is 3.00 bits per heavy atom. The highest BCUT2D eigenvalue weighted by Crippen LogP contribution is 2.21. The Morgan fingerprint density at radius 2 is 2.35 bits per heavy atom. The summed E-state index contributed by atoms with van der Waals surface area (Å²) in [4.78, 5) is 2.51. The first-order chi connectivity index (χ1) is 8.15. The van der Waals surface area contributed by atoms with Gasteiger partial charge in [0, 0.05) is 17.6 Å². The molecule has 0 aromatic heterocycles. The molecule has 0 saturated carbocycles. The minimum absolute atomic E-state index is 0.101. The normalized spacial score (nSPS) is 22.9. The van der Waals surface area contributed by atoms with Crippen LogP contribution in [0.5, 0.6) is 0 Å². The van der Waals surface area contributed by atoms with E-state index in [4.69, 9.17) is 17.3 Å². The molecule has 1 aliphatic heterocycles. The van der Waals surface area contributed by atoms with Crippen molar-refractivity contribution in [3.05, 3.63) is 34.9 Å². The van der Waals surface area contributed by atoms with Crippen molar-refractivity contribution in [1.82, 2.24) is 4.90 Å². The van der Waals surface area contributed by atoms with Gasteiger partial charge >= 0.3 is 0 Å². The van der Waals surface area contributed by atoms with Gasteiger partial charge in [0.1, 0.15) is 0 Å². The smallest absolute Gasteiger partial charge is 0.0409 e. The van der Waals surface area contributed by atoms with E-state index in [1.807, 2.05) is 18.2 Å². The first kappa shape index (κ1) is 12.9. The number of benzene rings is 1. The SMILES string of the molecule is CC1CCN(CCC(N)c2cccc(Cl)c2)C1. The third-order valence-electron chi connectivity index (χ3n) is 3.54. The molecule has 0 bridgehead atoms. The lowest BCUT2D eigenvalue weighted by molar-refractivity contribution is 0.313. The number of hydrogen-bond acceptors (Lipinski definition) is 2. The first-order valence-electron chi connectivity index (χ1n) is 6.38. The van der Waals surface area contributed by atoms with E-state index in [-0.39, 0.29) is 6.04 Å². The number of rotatable bonds is 4. The van der Waals surface area contributed by atoms with Crippen molar-refractivity contribution >= 4 is 11.6 Å². The molecule has 94 valence electrons. The van der Waals surface area contributed by atoms with Crippen LogP contribution >= 0.6 is 11.6 Å². The lowest BCUT2D eigenvalue weighted by Gasteiger charge is -2.18. The van der Waals surface area contributed by atoms with Gasteiger partial charge in [0.2, 0.25) is 0 Å². The van der Waals surface area contributed by atoms with E-state index in [1.165, 1.54) is 19.5 Å². The zero-order chi connectivity index (χ0) is 12.3. The molecule has 1 aliphatic rings. The lowest BCUT2D eigenvalue weighted by atomic mass is 10.0. The van der Waals surface area contributed by atoms with Gasteiger partial charge in [0.25, 0.3) is 0 Å². The average Bonchev–Trinajstić information content (AvgIpc) is 2.72. The summed E-state index contributed by atoms with van der Waals surface area (Å²) >= 11 is 5.97. The highest BCUT2D eigenvalue weighted by Gasteiger charge is 2.19. The van der Waals surface area contributed by atoms with Crippen molar-refractivity contribution in [2.75, 3.05) is 19.6 Å². The predicted octanol–water partition coefficient (Wildman–Crippen LogP) is 3.07. The van der Waals surface area contributed by atoms with Gasteiger partial charge in [-0.1, -0.05) is 30.7 Å². The quantitative estimate of drug-likeness (QED) is 0.893. The van der Waals surface area contributed by atoms with Gasteiger partial charge in [0.05, 0.1) is 0 Å². The maximum atomic E-state index is 6.19. The summed E-state index contributed by atoms with van der Waals surface area (Å²) in [6, 6.07) is 7.99. The van der Waals surface area contributed by atoms with Crippen LogP contribution < -0.4 is 5.73 Å². The second kappa shape index (κ2) is 5.85. The molecule has 1 aromatic rings. The van der Waals surface area contributed by atoms with Crippen LogP contribution in [0.4, 0.5) is 0 Å². The Hall–Kier alpha value is -0.570. The number of likely N-dealkylation sites (tertiary alicyclic amines) is 1. The molecule has 2 unspecified atom stereocenters. The molecule has 0 aliphatic carbocycles. The van der Waals surface area contributed by atoms with Crippen LogP contribution in [0.1, 0.15) is 31.4 Å². The third kappa shape index (κ3) is 3.70. The van der Waals surface area contributed by atoms with Gasteiger partial charge in [-0.2, -0.15) is 0 Å². The van der Waals surface area contributed by atoms with Crippen LogP contribution in [0, 0.1) is 5.92 Å². The lowest BCUT2D eigenvalue weighted by Crippen LogP contribution is -2.25. The van der Waals surface area contributed by atoms with Crippen molar-refractivity contribution in [2.24, 2.45) is 11.7 Å². The van der Waals surface area contributed by atoms with Crippen LogP contribution in [0.15, 0.2) is 24.3 Å². The maximum Gasteiger partial charge on any atom is 0.0409 e. The number of nitrogens with zero attached hydrogens (tertiary/aromatic N) is 1. The van der Waals surface area contributed by atoms with Crippen LogP contribution in [-0.4, -0.2) is 24.5 Å². The molecule has 2 nitrogen and oxygen atoms in total. The summed E-state index contributed by atoms with van der Waals surface area (Å²) in [5.41, 5.74) is 7.33. The summed E-state index contributed by atoms with van der Waals surface area (Å²) < 4.78 is 0. The predicted molar refractivity (Wildman–Crippen MR) is 73.2 cm³/mol. The van der Waals surface area contributed by atoms with Gasteiger partial charge < -0.3 is 10.6 Å². The highest BCUT2D eigenvalue weighted by molar-refractivity contribution is 6.30. The Labute approximate surface area is 109 Å². The summed E-state index contributed by atoms with van der Waals surface area (Å²) in [5.74, 6) is 0.845. The largest absolute Gasteiger partial charge is 0.324 e. The molecule has 1 saturated heterocycles. The zero-order valence-corrected chi connectivity index (χ0v) is 11.2. The van der Waals surface area contributed by atoms with Crippen molar-refractivity contribution in [3.63, 3.8) is 0 Å². The monoisotopic (exact) mass is 252 g/mol. The molecule has 17 heavy (non-hydrogen) atoms. The van der Waals surface area contributed by atoms with Gasteiger partial charge in [-0.3, -0.25) is 0 Å². The third-order valence-corrected chi connectivity index (χ3v) is 3.78. The number of halogens is 1. The second-order valence-electron chi connectivity index (χ2n) is 5.14. The molecule has 1 heterocycles. The first-order valence-corrected chi connectivity index (χ1v) is 6.76. The Kier molecular flexibility index (Phi) is 4.43. The minimum Gasteiger partial charge on any atom is -0.324 e. The Morgan fingerprint density at radius 1 is 1.53 bits per heavy atom. The van der Waals surface area contributed by atoms with Gasteiger partial charge in [0.15, 0.2) is 0 Å². The molecular weight excluding hydrogens is 232 g/mol. The minimum atomic E-state index is 0.101. The van der Waals surface area contributed by atoms with Gasteiger partial charge in [-0.25, -0.2) is 0 Å². The molecule has 1 aromatic carbocycles. The molecular formula is C14H21ClN2. The van der Waals surface area contributed by atoms with Crippen LogP contribution in [-0.2, 0) is 0 Å². The van der Waals surface area contributed by atoms with Crippen LogP contribution in [0.25, 0.3) is 0 Å². The summed E-state index contributed by atoms with van der Waals surface area (Å²) in [6.45, 7) is 5.86. The number of hydrogen-bond donors (Lipinski definition) is 1. The van der Waals surface area contributed by atoms with E-state index in [0.29, 0.717) is 0 Å². The van der Waals surface area contributed by atoms with Gasteiger partial charge in [-0.15, -0.1) is 0 Å². The van der Waals surface area contributed by atoms with Crippen molar-refractivity contribution in [1.29, 1.82) is 0 Å². The molecule has 0 amide bonds. The van der Waals surface area contributed by atoms with E-state index in [2.05, 4.69) is 17.9 Å². The maximum absolute atomic E-state index is 6.19. The molecule has 3 heteroatoms. The Balaban J connectivity index is 1.83. The van der Waals surface area contributed by atoms with Crippen LogP contribution in [0.2, 0.25) is 5.02 Å². The van der Waals surface area contributed by atoms with Crippen molar-refractivity contribution < 1.29 is 0 Å². The van der Waals surface area contributed by atoms with E-state index >= 15 is 0 Å². The summed E-state index contributed by atoms with van der Waals surface area (Å²) in [5, 5.41) is 0.771. The fourth-order valence-electron chi connectivity index (χ4n) is 2.45. The molecule has 2 rings (SSSR count). The van der Waals surface area contributed by atoms with Crippen molar-refractivity contribution in [3.8, 4) is 0 Å². The van der Waals surface area contributed by atoms with Crippen molar-refractivity contribution in [2.45, 2.75) is 25.8 Å². The zero-order valence-electron chi connectivity index (χ0n) is 10.4. The fourth-order valence-corrected chi connectivity index (χ4v) is 2.65. The topological polar surface area (TPSA) is 29.3 Å². The summed E-state index contributed by atoms with van der Waals surface area (Å²) in [6.07, 6.45) is 2.33. The molecule has 0 spiro atoms. The van der Waals surface area contributed by atoms with E-state index in [9.17, 15) is 0 Å². The van der Waals surface area contributed by atoms with E-state index < -0.39 is 0 Å². The fraction of sp³-hybridized carbons (Fsp3) is 0.571. The Bertz CT molecular complexity index is 367. The standard InChI is InChI=1S/C14H21ClN2/c1-11-5-7-17(10-11)8-6-14(16)12-3-2-4-13(15)9-12/h2-4,9,11,14H,5-8,10,16H2,1H3. The van der Waals surface area contributed by atoms with Crippen LogP contribution in [0.3, 0.4) is 0 Å².